The molecule has 1 unspecified atom stereocenters. The molecule has 0 aromatic carbocycles. The van der Waals surface area contributed by atoms with Crippen LogP contribution >= 0.6 is 0 Å². The molecule has 0 radical (unpaired) electrons. The molecule has 0 amide bonds. The van der Waals surface area contributed by atoms with Crippen LogP contribution in [0.15, 0.2) is 85.1 Å². The van der Waals surface area contributed by atoms with Gasteiger partial charge in [-0.05, 0) is 89.9 Å². The maximum atomic E-state index is 12.8. The normalized spacial score (nSPS) is 12.7. The summed E-state index contributed by atoms with van der Waals surface area (Å²) in [6.45, 7) is 6.45. The zero-order valence-electron chi connectivity index (χ0n) is 42.5. The van der Waals surface area contributed by atoms with Crippen LogP contribution in [-0.2, 0) is 28.6 Å². The quantitative estimate of drug-likeness (QED) is 0.0262. The number of rotatable bonds is 48. The lowest BCUT2D eigenvalue weighted by Gasteiger charge is -2.18. The molecule has 0 N–H and O–H groups in total. The van der Waals surface area contributed by atoms with Crippen molar-refractivity contribution in [3.05, 3.63) is 85.1 Å². The van der Waals surface area contributed by atoms with Gasteiger partial charge in [0, 0.05) is 19.3 Å². The number of hydrogen-bond donors (Lipinski definition) is 0. The monoisotopic (exact) mass is 905 g/mol. The van der Waals surface area contributed by atoms with Gasteiger partial charge in [0.05, 0.1) is 0 Å². The Kier molecular flexibility index (Phi) is 50.4. The summed E-state index contributed by atoms with van der Waals surface area (Å²) in [5, 5.41) is 0. The average Bonchev–Trinajstić information content (AvgIpc) is 3.30. The number of esters is 3. The van der Waals surface area contributed by atoms with Crippen molar-refractivity contribution in [3.8, 4) is 0 Å². The summed E-state index contributed by atoms with van der Waals surface area (Å²) in [4.78, 5) is 38.0. The van der Waals surface area contributed by atoms with Crippen LogP contribution in [0.5, 0.6) is 0 Å². The number of carbonyl (C=O) groups is 3. The van der Waals surface area contributed by atoms with E-state index < -0.39 is 6.10 Å². The lowest BCUT2D eigenvalue weighted by Crippen LogP contribution is -2.30. The summed E-state index contributed by atoms with van der Waals surface area (Å²) in [6, 6.07) is 0. The third kappa shape index (κ3) is 51.4. The lowest BCUT2D eigenvalue weighted by molar-refractivity contribution is -0.167. The van der Waals surface area contributed by atoms with Gasteiger partial charge in [0.15, 0.2) is 6.10 Å². The summed E-state index contributed by atoms with van der Waals surface area (Å²) in [7, 11) is 0. The first kappa shape index (κ1) is 61.6. The number of allylic oxidation sites excluding steroid dienone is 14. The first-order valence-corrected chi connectivity index (χ1v) is 27.1. The molecule has 1 atom stereocenters. The van der Waals surface area contributed by atoms with E-state index in [1.165, 1.54) is 116 Å². The number of hydrogen-bond acceptors (Lipinski definition) is 6. The van der Waals surface area contributed by atoms with Gasteiger partial charge in [0.25, 0.3) is 0 Å². The van der Waals surface area contributed by atoms with Crippen LogP contribution < -0.4 is 0 Å². The molecule has 0 heterocycles. The molecule has 0 bridgehead atoms. The second kappa shape index (κ2) is 53.2. The van der Waals surface area contributed by atoms with E-state index >= 15 is 0 Å². The second-order valence-corrected chi connectivity index (χ2v) is 17.8. The van der Waals surface area contributed by atoms with E-state index in [0.29, 0.717) is 12.8 Å². The second-order valence-electron chi connectivity index (χ2n) is 17.8. The van der Waals surface area contributed by atoms with Gasteiger partial charge in [-0.1, -0.05) is 228 Å². The SMILES string of the molecule is CC/C=C\C/C=C\C/C=C\C/C=C\CCCCCC(=O)OC(COC(=O)CCC/C=C\C/C=C\C/C=C\CCCCCCCC)COC(=O)CCCCCCCCCCCCCCCC. The molecule has 0 aliphatic carbocycles. The van der Waals surface area contributed by atoms with Crippen LogP contribution in [-0.4, -0.2) is 37.2 Å². The summed E-state index contributed by atoms with van der Waals surface area (Å²) in [5.74, 6) is -0.987. The summed E-state index contributed by atoms with van der Waals surface area (Å²) >= 11 is 0. The fourth-order valence-corrected chi connectivity index (χ4v) is 7.33. The highest BCUT2D eigenvalue weighted by molar-refractivity contribution is 5.71. The standard InChI is InChI=1S/C59H100O6/c1-4-7-10-13-16-19-22-25-28-30-32-34-37-40-43-46-49-52-58(61)64-55-56(54-63-57(60)51-48-45-42-39-36-33-27-24-21-18-15-12-9-6-3)65-59(62)53-50-47-44-41-38-35-31-29-26-23-20-17-14-11-8-5-2/h8,11,17,20,25-26,28-29,32,34-35,38,40,43,56H,4-7,9-10,12-16,18-19,21-24,27,30-31,33,36-37,39,41-42,44-55H2,1-3H3/b11-8-,20-17-,28-25-,29-26-,34-32-,38-35-,43-40-. The molecule has 6 nitrogen and oxygen atoms in total. The van der Waals surface area contributed by atoms with Crippen molar-refractivity contribution in [1.82, 2.24) is 0 Å². The Morgan fingerprint density at radius 3 is 1.02 bits per heavy atom. The van der Waals surface area contributed by atoms with Crippen molar-refractivity contribution in [2.24, 2.45) is 0 Å². The molecule has 0 fully saturated rings. The largest absolute Gasteiger partial charge is 0.462 e. The van der Waals surface area contributed by atoms with Gasteiger partial charge < -0.3 is 14.2 Å². The molecule has 0 saturated carbocycles. The highest BCUT2D eigenvalue weighted by Crippen LogP contribution is 2.15. The van der Waals surface area contributed by atoms with Crippen molar-refractivity contribution in [1.29, 1.82) is 0 Å². The Morgan fingerprint density at radius 1 is 0.323 bits per heavy atom. The van der Waals surface area contributed by atoms with Gasteiger partial charge in [-0.15, -0.1) is 0 Å². The highest BCUT2D eigenvalue weighted by Gasteiger charge is 2.19. The van der Waals surface area contributed by atoms with Crippen LogP contribution in [0.3, 0.4) is 0 Å². The maximum Gasteiger partial charge on any atom is 0.306 e. The van der Waals surface area contributed by atoms with Crippen LogP contribution in [0.1, 0.15) is 252 Å². The van der Waals surface area contributed by atoms with Gasteiger partial charge in [0.1, 0.15) is 13.2 Å². The summed E-state index contributed by atoms with van der Waals surface area (Å²) in [5.41, 5.74) is 0. The molecule has 0 saturated heterocycles. The third-order valence-electron chi connectivity index (χ3n) is 11.4. The predicted octanol–water partition coefficient (Wildman–Crippen LogP) is 18.0. The first-order valence-electron chi connectivity index (χ1n) is 27.1. The molecule has 0 aromatic rings. The Bertz CT molecular complexity index is 1270. The highest BCUT2D eigenvalue weighted by atomic mass is 16.6. The molecular weight excluding hydrogens is 805 g/mol. The van der Waals surface area contributed by atoms with E-state index in [9.17, 15) is 14.4 Å². The molecule has 0 rings (SSSR count). The van der Waals surface area contributed by atoms with Crippen LogP contribution in [0.25, 0.3) is 0 Å². The fraction of sp³-hybridized carbons (Fsp3) is 0.712. The molecule has 0 aromatic heterocycles. The minimum atomic E-state index is -0.812. The first-order chi connectivity index (χ1) is 32.0. The van der Waals surface area contributed by atoms with Crippen molar-refractivity contribution >= 4 is 17.9 Å². The topological polar surface area (TPSA) is 78.9 Å². The molecule has 0 aliphatic heterocycles. The van der Waals surface area contributed by atoms with E-state index in [1.807, 2.05) is 0 Å². The molecule has 0 aliphatic rings. The van der Waals surface area contributed by atoms with Gasteiger partial charge in [-0.2, -0.15) is 0 Å². The van der Waals surface area contributed by atoms with Gasteiger partial charge >= 0.3 is 17.9 Å². The van der Waals surface area contributed by atoms with E-state index in [0.717, 1.165) is 89.9 Å². The minimum absolute atomic E-state index is 0.104. The van der Waals surface area contributed by atoms with Gasteiger partial charge in [0.2, 0.25) is 0 Å². The molecule has 372 valence electrons. The van der Waals surface area contributed by atoms with Crippen molar-refractivity contribution in [3.63, 3.8) is 0 Å². The van der Waals surface area contributed by atoms with Gasteiger partial charge in [-0.3, -0.25) is 14.4 Å². The zero-order valence-corrected chi connectivity index (χ0v) is 42.5. The van der Waals surface area contributed by atoms with E-state index in [2.05, 4.69) is 106 Å². The third-order valence-corrected chi connectivity index (χ3v) is 11.4. The lowest BCUT2D eigenvalue weighted by atomic mass is 10.0. The predicted molar refractivity (Wildman–Crippen MR) is 279 cm³/mol. The van der Waals surface area contributed by atoms with Crippen LogP contribution in [0.4, 0.5) is 0 Å². The summed E-state index contributed by atoms with van der Waals surface area (Å²) < 4.78 is 16.8. The molecule has 65 heavy (non-hydrogen) atoms. The Labute approximate surface area is 401 Å². The van der Waals surface area contributed by atoms with Crippen molar-refractivity contribution < 1.29 is 28.6 Å². The van der Waals surface area contributed by atoms with Crippen LogP contribution in [0, 0.1) is 0 Å². The molecular formula is C59H100O6. The maximum absolute atomic E-state index is 12.8. The van der Waals surface area contributed by atoms with Crippen molar-refractivity contribution in [2.75, 3.05) is 13.2 Å². The Morgan fingerprint density at radius 2 is 0.615 bits per heavy atom. The Hall–Kier alpha value is -3.41. The molecule has 6 heteroatoms. The Balaban J connectivity index is 4.51. The van der Waals surface area contributed by atoms with Crippen LogP contribution in [0.2, 0.25) is 0 Å². The number of carbonyl (C=O) groups excluding carboxylic acids is 3. The van der Waals surface area contributed by atoms with Gasteiger partial charge in [-0.25, -0.2) is 0 Å². The zero-order chi connectivity index (χ0) is 47.2. The van der Waals surface area contributed by atoms with Crippen molar-refractivity contribution in [2.45, 2.75) is 258 Å². The fourth-order valence-electron chi connectivity index (χ4n) is 7.33. The molecule has 0 spiro atoms. The van der Waals surface area contributed by atoms with E-state index in [-0.39, 0.29) is 44.0 Å². The van der Waals surface area contributed by atoms with E-state index in [1.54, 1.807) is 0 Å². The smallest absolute Gasteiger partial charge is 0.306 e. The number of unbranched alkanes of at least 4 members (excludes halogenated alkanes) is 23. The van der Waals surface area contributed by atoms with E-state index in [4.69, 9.17) is 14.2 Å². The average molecular weight is 905 g/mol. The summed E-state index contributed by atoms with van der Waals surface area (Å²) in [6.07, 6.45) is 68.6. The minimum Gasteiger partial charge on any atom is -0.462 e. The number of ether oxygens (including phenoxy) is 3.